The molecule has 0 unspecified atom stereocenters. The summed E-state index contributed by atoms with van der Waals surface area (Å²) in [6, 6.07) is 9.55. The Balaban J connectivity index is 2.28. The number of carbonyl (C=O) groups is 1. The van der Waals surface area contributed by atoms with E-state index in [-0.39, 0.29) is 5.82 Å². The molecule has 0 atom stereocenters. The van der Waals surface area contributed by atoms with Gasteiger partial charge in [0.1, 0.15) is 5.82 Å². The minimum Gasteiger partial charge on any atom is -0.462 e. The van der Waals surface area contributed by atoms with Crippen molar-refractivity contribution in [1.29, 1.82) is 0 Å². The smallest absolute Gasteiger partial charge is 0.338 e. The van der Waals surface area contributed by atoms with E-state index < -0.39 is 5.97 Å². The fourth-order valence-corrected chi connectivity index (χ4v) is 1.94. The van der Waals surface area contributed by atoms with Gasteiger partial charge in [-0.3, -0.25) is 0 Å². The van der Waals surface area contributed by atoms with E-state index in [0.29, 0.717) is 29.2 Å². The zero-order valence-corrected chi connectivity index (χ0v) is 11.9. The van der Waals surface area contributed by atoms with E-state index in [1.54, 1.807) is 38.1 Å². The van der Waals surface area contributed by atoms with Gasteiger partial charge in [-0.05, 0) is 43.7 Å². The van der Waals surface area contributed by atoms with E-state index in [1.165, 1.54) is 12.1 Å². The molecule has 2 aromatic rings. The number of ether oxygens (including phenoxy) is 1. The van der Waals surface area contributed by atoms with E-state index >= 15 is 0 Å². The molecule has 3 N–H and O–H groups in total. The van der Waals surface area contributed by atoms with Crippen LogP contribution in [0.15, 0.2) is 36.4 Å². The normalized spacial score (nSPS) is 10.2. The summed E-state index contributed by atoms with van der Waals surface area (Å²) in [5, 5.41) is 2.95. The molecule has 0 bridgehead atoms. The first kappa shape index (κ1) is 14.8. The van der Waals surface area contributed by atoms with Gasteiger partial charge < -0.3 is 15.8 Å². The molecular formula is C16H17FN2O2. The topological polar surface area (TPSA) is 64.3 Å². The van der Waals surface area contributed by atoms with Crippen LogP contribution in [0.3, 0.4) is 0 Å². The number of anilines is 3. The lowest BCUT2D eigenvalue weighted by atomic mass is 10.1. The molecule has 0 aliphatic rings. The summed E-state index contributed by atoms with van der Waals surface area (Å²) in [6.45, 7) is 3.83. The number of nitrogens with two attached hydrogens (primary N) is 1. The minimum absolute atomic E-state index is 0.299. The van der Waals surface area contributed by atoms with Gasteiger partial charge in [-0.15, -0.1) is 0 Å². The molecule has 0 heterocycles. The van der Waals surface area contributed by atoms with E-state index in [4.69, 9.17) is 10.5 Å². The average molecular weight is 288 g/mol. The van der Waals surface area contributed by atoms with Crippen LogP contribution in [0.5, 0.6) is 0 Å². The fraction of sp³-hybridized carbons (Fsp3) is 0.188. The second kappa shape index (κ2) is 6.26. The number of nitrogen functional groups attached to an aromatic ring is 1. The molecule has 2 rings (SSSR count). The number of para-hydroxylation sites is 1. The molecule has 0 amide bonds. The van der Waals surface area contributed by atoms with Gasteiger partial charge in [0.05, 0.1) is 29.2 Å². The molecule has 21 heavy (non-hydrogen) atoms. The van der Waals surface area contributed by atoms with Crippen molar-refractivity contribution in [2.45, 2.75) is 13.8 Å². The predicted molar refractivity (Wildman–Crippen MR) is 81.2 cm³/mol. The van der Waals surface area contributed by atoms with Crippen molar-refractivity contribution in [3.8, 4) is 0 Å². The van der Waals surface area contributed by atoms with Crippen LogP contribution in [0.2, 0.25) is 0 Å². The highest BCUT2D eigenvalue weighted by Crippen LogP contribution is 2.28. The Bertz CT molecular complexity index is 651. The summed E-state index contributed by atoms with van der Waals surface area (Å²) in [5.41, 5.74) is 8.30. The molecule has 110 valence electrons. The molecule has 0 fully saturated rings. The van der Waals surface area contributed by atoms with E-state index in [1.807, 2.05) is 0 Å². The standard InChI is InChI=1S/C16H17FN2O2/c1-3-21-16(20)11-7-8-14(13(18)9-11)19-15-10(2)5-4-6-12(15)17/h4-9,19H,3,18H2,1-2H3. The Hall–Kier alpha value is -2.56. The molecule has 0 aliphatic heterocycles. The van der Waals surface area contributed by atoms with Crippen molar-refractivity contribution < 1.29 is 13.9 Å². The van der Waals surface area contributed by atoms with Crippen LogP contribution in [0.25, 0.3) is 0 Å². The monoisotopic (exact) mass is 288 g/mol. The first-order chi connectivity index (χ1) is 10.0. The highest BCUT2D eigenvalue weighted by atomic mass is 19.1. The number of aryl methyl sites for hydroxylation is 1. The highest BCUT2D eigenvalue weighted by molar-refractivity contribution is 5.92. The fourth-order valence-electron chi connectivity index (χ4n) is 1.94. The van der Waals surface area contributed by atoms with Gasteiger partial charge in [0.2, 0.25) is 0 Å². The Morgan fingerprint density at radius 1 is 1.33 bits per heavy atom. The molecule has 0 spiro atoms. The Morgan fingerprint density at radius 3 is 2.71 bits per heavy atom. The summed E-state index contributed by atoms with van der Waals surface area (Å²) in [4.78, 5) is 11.6. The number of rotatable bonds is 4. The number of halogens is 1. The maximum Gasteiger partial charge on any atom is 0.338 e. The molecule has 2 aromatic carbocycles. The summed E-state index contributed by atoms with van der Waals surface area (Å²) in [7, 11) is 0. The van der Waals surface area contributed by atoms with E-state index in [2.05, 4.69) is 5.32 Å². The molecule has 0 aromatic heterocycles. The maximum absolute atomic E-state index is 13.8. The van der Waals surface area contributed by atoms with Crippen LogP contribution in [0.4, 0.5) is 21.5 Å². The van der Waals surface area contributed by atoms with Gasteiger partial charge in [-0.1, -0.05) is 12.1 Å². The highest BCUT2D eigenvalue weighted by Gasteiger charge is 2.11. The molecule has 0 radical (unpaired) electrons. The number of hydrogen-bond acceptors (Lipinski definition) is 4. The number of nitrogens with one attached hydrogen (secondary N) is 1. The SMILES string of the molecule is CCOC(=O)c1ccc(Nc2c(C)cccc2F)c(N)c1. The van der Waals surface area contributed by atoms with Crippen molar-refractivity contribution in [1.82, 2.24) is 0 Å². The lowest BCUT2D eigenvalue weighted by Crippen LogP contribution is -2.06. The Kier molecular flexibility index (Phi) is 4.42. The summed E-state index contributed by atoms with van der Waals surface area (Å²) in [6.07, 6.45) is 0. The van der Waals surface area contributed by atoms with Gasteiger partial charge in [0.25, 0.3) is 0 Å². The molecule has 0 aliphatic carbocycles. The third kappa shape index (κ3) is 3.31. The third-order valence-corrected chi connectivity index (χ3v) is 3.04. The van der Waals surface area contributed by atoms with Crippen molar-refractivity contribution >= 4 is 23.0 Å². The molecule has 0 saturated heterocycles. The van der Waals surface area contributed by atoms with Crippen LogP contribution >= 0.6 is 0 Å². The Morgan fingerprint density at radius 2 is 2.10 bits per heavy atom. The van der Waals surface area contributed by atoms with Gasteiger partial charge in [0, 0.05) is 0 Å². The lowest BCUT2D eigenvalue weighted by Gasteiger charge is -2.13. The van der Waals surface area contributed by atoms with Crippen LogP contribution < -0.4 is 11.1 Å². The lowest BCUT2D eigenvalue weighted by molar-refractivity contribution is 0.0526. The van der Waals surface area contributed by atoms with Gasteiger partial charge in [0.15, 0.2) is 0 Å². The summed E-state index contributed by atoms with van der Waals surface area (Å²) in [5.74, 6) is -0.790. The number of esters is 1. The molecular weight excluding hydrogens is 271 g/mol. The van der Waals surface area contributed by atoms with Gasteiger partial charge in [-0.25, -0.2) is 9.18 Å². The van der Waals surface area contributed by atoms with Crippen LogP contribution in [0, 0.1) is 12.7 Å². The first-order valence-corrected chi connectivity index (χ1v) is 6.61. The van der Waals surface area contributed by atoms with Crippen molar-refractivity contribution in [2.24, 2.45) is 0 Å². The summed E-state index contributed by atoms with van der Waals surface area (Å²) >= 11 is 0. The third-order valence-electron chi connectivity index (χ3n) is 3.04. The van der Waals surface area contributed by atoms with Crippen LogP contribution in [-0.4, -0.2) is 12.6 Å². The molecule has 5 heteroatoms. The number of hydrogen-bond donors (Lipinski definition) is 2. The van der Waals surface area contributed by atoms with Crippen molar-refractivity contribution in [3.05, 3.63) is 53.3 Å². The van der Waals surface area contributed by atoms with E-state index in [0.717, 1.165) is 5.56 Å². The Labute approximate surface area is 122 Å². The largest absolute Gasteiger partial charge is 0.462 e. The zero-order valence-electron chi connectivity index (χ0n) is 11.9. The van der Waals surface area contributed by atoms with Crippen LogP contribution in [-0.2, 0) is 4.74 Å². The van der Waals surface area contributed by atoms with Crippen LogP contribution in [0.1, 0.15) is 22.8 Å². The van der Waals surface area contributed by atoms with Crippen molar-refractivity contribution in [2.75, 3.05) is 17.7 Å². The average Bonchev–Trinajstić information content (AvgIpc) is 2.44. The van der Waals surface area contributed by atoms with Crippen molar-refractivity contribution in [3.63, 3.8) is 0 Å². The minimum atomic E-state index is -0.433. The first-order valence-electron chi connectivity index (χ1n) is 6.61. The van der Waals surface area contributed by atoms with E-state index in [9.17, 15) is 9.18 Å². The summed E-state index contributed by atoms with van der Waals surface area (Å²) < 4.78 is 18.7. The predicted octanol–water partition coefficient (Wildman–Crippen LogP) is 3.64. The molecule has 4 nitrogen and oxygen atoms in total. The quantitative estimate of drug-likeness (QED) is 0.666. The second-order valence-electron chi connectivity index (χ2n) is 4.58. The van der Waals surface area contributed by atoms with Gasteiger partial charge >= 0.3 is 5.97 Å². The zero-order chi connectivity index (χ0) is 15.4. The molecule has 0 saturated carbocycles. The van der Waals surface area contributed by atoms with Gasteiger partial charge in [-0.2, -0.15) is 0 Å². The number of carbonyl (C=O) groups excluding carboxylic acids is 1. The number of benzene rings is 2. The second-order valence-corrected chi connectivity index (χ2v) is 4.58. The maximum atomic E-state index is 13.8.